The number of carbonyl (C=O) groups excluding carboxylic acids is 1. The number of aromatic hydroxyl groups is 2. The van der Waals surface area contributed by atoms with Gasteiger partial charge in [0, 0.05) is 24.1 Å². The van der Waals surface area contributed by atoms with Crippen LogP contribution in [0.5, 0.6) is 11.5 Å². The SMILES string of the molecule is O=C(NCCOCCCl)c1cc(O)cc(O)c1. The molecule has 1 aromatic rings. The third kappa shape index (κ3) is 4.93. The lowest BCUT2D eigenvalue weighted by Gasteiger charge is -2.06. The van der Waals surface area contributed by atoms with Gasteiger partial charge < -0.3 is 20.3 Å². The molecule has 3 N–H and O–H groups in total. The molecule has 0 saturated carbocycles. The van der Waals surface area contributed by atoms with Crippen molar-refractivity contribution in [2.45, 2.75) is 0 Å². The number of nitrogens with one attached hydrogen (secondary N) is 1. The van der Waals surface area contributed by atoms with Gasteiger partial charge in [-0.2, -0.15) is 0 Å². The Labute approximate surface area is 104 Å². The molecular formula is C11H14ClNO4. The number of hydrogen-bond acceptors (Lipinski definition) is 4. The van der Waals surface area contributed by atoms with Gasteiger partial charge in [-0.25, -0.2) is 0 Å². The minimum absolute atomic E-state index is 0.159. The number of phenolic OH excluding ortho intramolecular Hbond substituents is 2. The van der Waals surface area contributed by atoms with Gasteiger partial charge in [0.2, 0.25) is 0 Å². The Morgan fingerprint density at radius 3 is 2.47 bits per heavy atom. The number of rotatable bonds is 6. The van der Waals surface area contributed by atoms with E-state index in [1.165, 1.54) is 12.1 Å². The summed E-state index contributed by atoms with van der Waals surface area (Å²) in [5.74, 6) is -0.290. The molecule has 6 heteroatoms. The van der Waals surface area contributed by atoms with Gasteiger partial charge in [-0.3, -0.25) is 4.79 Å². The molecular weight excluding hydrogens is 246 g/mol. The maximum absolute atomic E-state index is 11.6. The van der Waals surface area contributed by atoms with E-state index in [0.29, 0.717) is 25.6 Å². The number of carbonyl (C=O) groups is 1. The largest absolute Gasteiger partial charge is 0.508 e. The minimum Gasteiger partial charge on any atom is -0.508 e. The number of alkyl halides is 1. The minimum atomic E-state index is -0.384. The highest BCUT2D eigenvalue weighted by Gasteiger charge is 2.07. The number of ether oxygens (including phenoxy) is 1. The standard InChI is InChI=1S/C11H14ClNO4/c12-1-3-17-4-2-13-11(16)8-5-9(14)7-10(15)6-8/h5-7,14-15H,1-4H2,(H,13,16). The summed E-state index contributed by atoms with van der Waals surface area (Å²) >= 11 is 5.41. The van der Waals surface area contributed by atoms with Gasteiger partial charge in [-0.15, -0.1) is 11.6 Å². The summed E-state index contributed by atoms with van der Waals surface area (Å²) in [6.45, 7) is 1.14. The Balaban J connectivity index is 2.41. The van der Waals surface area contributed by atoms with Crippen molar-refractivity contribution in [3.05, 3.63) is 23.8 Å². The number of benzene rings is 1. The molecule has 0 aromatic heterocycles. The highest BCUT2D eigenvalue weighted by molar-refractivity contribution is 6.17. The van der Waals surface area contributed by atoms with Gasteiger partial charge in [0.1, 0.15) is 11.5 Å². The van der Waals surface area contributed by atoms with Gasteiger partial charge in [0.25, 0.3) is 5.91 Å². The van der Waals surface area contributed by atoms with Gasteiger partial charge in [0.15, 0.2) is 0 Å². The summed E-state index contributed by atoms with van der Waals surface area (Å²) in [5.41, 5.74) is 0.194. The fraction of sp³-hybridized carbons (Fsp3) is 0.364. The molecule has 0 unspecified atom stereocenters. The van der Waals surface area contributed by atoms with Crippen LogP contribution >= 0.6 is 11.6 Å². The molecule has 17 heavy (non-hydrogen) atoms. The Kier molecular flexibility index (Phi) is 5.59. The summed E-state index contributed by atoms with van der Waals surface area (Å²) in [4.78, 5) is 11.6. The number of halogens is 1. The van der Waals surface area contributed by atoms with Crippen LogP contribution in [0.25, 0.3) is 0 Å². The first kappa shape index (κ1) is 13.6. The molecule has 0 bridgehead atoms. The number of phenols is 2. The van der Waals surface area contributed by atoms with E-state index in [9.17, 15) is 15.0 Å². The molecule has 0 aliphatic carbocycles. The molecule has 0 aliphatic rings. The third-order valence-corrected chi connectivity index (χ3v) is 2.07. The lowest BCUT2D eigenvalue weighted by Crippen LogP contribution is -2.27. The van der Waals surface area contributed by atoms with Crippen molar-refractivity contribution in [3.63, 3.8) is 0 Å². The smallest absolute Gasteiger partial charge is 0.251 e. The third-order valence-electron chi connectivity index (χ3n) is 1.92. The van der Waals surface area contributed by atoms with Crippen LogP contribution < -0.4 is 5.32 Å². The lowest BCUT2D eigenvalue weighted by atomic mass is 10.2. The lowest BCUT2D eigenvalue weighted by molar-refractivity contribution is 0.0923. The summed E-state index contributed by atoms with van der Waals surface area (Å²) in [7, 11) is 0. The van der Waals surface area contributed by atoms with Crippen LogP contribution in [0, 0.1) is 0 Å². The Morgan fingerprint density at radius 2 is 1.88 bits per heavy atom. The van der Waals surface area contributed by atoms with Crippen LogP contribution in [0.15, 0.2) is 18.2 Å². The average Bonchev–Trinajstić information content (AvgIpc) is 2.27. The van der Waals surface area contributed by atoms with E-state index in [4.69, 9.17) is 16.3 Å². The predicted octanol–water partition coefficient (Wildman–Crippen LogP) is 1.08. The molecule has 5 nitrogen and oxygen atoms in total. The second kappa shape index (κ2) is 6.98. The normalized spacial score (nSPS) is 10.2. The maximum Gasteiger partial charge on any atom is 0.251 e. The second-order valence-corrected chi connectivity index (χ2v) is 3.67. The van der Waals surface area contributed by atoms with Crippen LogP contribution in [-0.4, -0.2) is 41.8 Å². The summed E-state index contributed by atoms with van der Waals surface area (Å²) in [6, 6.07) is 3.70. The first-order valence-electron chi connectivity index (χ1n) is 5.08. The summed E-state index contributed by atoms with van der Waals surface area (Å²) in [6.07, 6.45) is 0. The van der Waals surface area contributed by atoms with Crippen LogP contribution in [0.2, 0.25) is 0 Å². The molecule has 0 aliphatic heterocycles. The van der Waals surface area contributed by atoms with Crippen molar-refractivity contribution in [2.75, 3.05) is 25.6 Å². The highest BCUT2D eigenvalue weighted by atomic mass is 35.5. The molecule has 0 spiro atoms. The first-order valence-corrected chi connectivity index (χ1v) is 5.62. The quantitative estimate of drug-likeness (QED) is 0.528. The highest BCUT2D eigenvalue weighted by Crippen LogP contribution is 2.20. The molecule has 0 fully saturated rings. The predicted molar refractivity (Wildman–Crippen MR) is 63.6 cm³/mol. The average molecular weight is 260 g/mol. The van der Waals surface area contributed by atoms with Crippen LogP contribution in [0.4, 0.5) is 0 Å². The Morgan fingerprint density at radius 1 is 1.24 bits per heavy atom. The fourth-order valence-electron chi connectivity index (χ4n) is 1.22. The molecule has 0 heterocycles. The van der Waals surface area contributed by atoms with E-state index in [-0.39, 0.29) is 23.0 Å². The van der Waals surface area contributed by atoms with Crippen molar-refractivity contribution < 1.29 is 19.7 Å². The van der Waals surface area contributed by atoms with E-state index in [0.717, 1.165) is 6.07 Å². The van der Waals surface area contributed by atoms with Gasteiger partial charge in [-0.1, -0.05) is 0 Å². The zero-order chi connectivity index (χ0) is 12.7. The van der Waals surface area contributed by atoms with E-state index < -0.39 is 0 Å². The van der Waals surface area contributed by atoms with Crippen molar-refractivity contribution in [1.82, 2.24) is 5.32 Å². The number of amides is 1. The molecule has 1 rings (SSSR count). The van der Waals surface area contributed by atoms with E-state index in [2.05, 4.69) is 5.32 Å². The van der Waals surface area contributed by atoms with Crippen molar-refractivity contribution >= 4 is 17.5 Å². The topological polar surface area (TPSA) is 78.8 Å². The van der Waals surface area contributed by atoms with Crippen LogP contribution in [-0.2, 0) is 4.74 Å². The van der Waals surface area contributed by atoms with Crippen molar-refractivity contribution in [2.24, 2.45) is 0 Å². The molecule has 1 aromatic carbocycles. The van der Waals surface area contributed by atoms with Gasteiger partial charge in [-0.05, 0) is 12.1 Å². The van der Waals surface area contributed by atoms with E-state index in [1.54, 1.807) is 0 Å². The van der Waals surface area contributed by atoms with Gasteiger partial charge in [0.05, 0.1) is 13.2 Å². The Bertz CT molecular complexity index is 363. The molecule has 1 amide bonds. The van der Waals surface area contributed by atoms with Gasteiger partial charge >= 0.3 is 0 Å². The summed E-state index contributed by atoms with van der Waals surface area (Å²) in [5, 5.41) is 21.0. The monoisotopic (exact) mass is 259 g/mol. The van der Waals surface area contributed by atoms with E-state index in [1.807, 2.05) is 0 Å². The molecule has 0 saturated heterocycles. The fourth-order valence-corrected chi connectivity index (χ4v) is 1.33. The first-order chi connectivity index (χ1) is 8.13. The van der Waals surface area contributed by atoms with Crippen LogP contribution in [0.3, 0.4) is 0 Å². The maximum atomic E-state index is 11.6. The van der Waals surface area contributed by atoms with Crippen molar-refractivity contribution in [3.8, 4) is 11.5 Å². The van der Waals surface area contributed by atoms with E-state index >= 15 is 0 Å². The Hall–Kier alpha value is -1.46. The molecule has 94 valence electrons. The van der Waals surface area contributed by atoms with Crippen LogP contribution in [0.1, 0.15) is 10.4 Å². The zero-order valence-electron chi connectivity index (χ0n) is 9.15. The van der Waals surface area contributed by atoms with Crippen molar-refractivity contribution in [1.29, 1.82) is 0 Å². The molecule has 0 atom stereocenters. The number of hydrogen-bond donors (Lipinski definition) is 3. The zero-order valence-corrected chi connectivity index (χ0v) is 9.91. The summed E-state index contributed by atoms with van der Waals surface area (Å²) < 4.78 is 5.07. The molecule has 0 radical (unpaired) electrons. The second-order valence-electron chi connectivity index (χ2n) is 3.30.